The molecule has 5 nitrogen and oxygen atoms in total. The number of ether oxygens (including phenoxy) is 1. The lowest BCUT2D eigenvalue weighted by atomic mass is 10.0. The van der Waals surface area contributed by atoms with Gasteiger partial charge in [0.05, 0.1) is 12.4 Å². The Kier molecular flexibility index (Phi) is 7.14. The quantitative estimate of drug-likeness (QED) is 0.663. The van der Waals surface area contributed by atoms with Crippen LogP contribution in [0, 0.1) is 5.92 Å². The molecule has 0 aliphatic carbocycles. The van der Waals surface area contributed by atoms with Gasteiger partial charge < -0.3 is 10.1 Å². The van der Waals surface area contributed by atoms with Gasteiger partial charge in [-0.3, -0.25) is 0 Å². The van der Waals surface area contributed by atoms with E-state index >= 15 is 0 Å². The summed E-state index contributed by atoms with van der Waals surface area (Å²) in [6, 6.07) is 0. The summed E-state index contributed by atoms with van der Waals surface area (Å²) in [6.07, 6.45) is 3.03. The van der Waals surface area contributed by atoms with Crippen LogP contribution in [0.15, 0.2) is 0 Å². The highest BCUT2D eigenvalue weighted by Gasteiger charge is 2.28. The lowest BCUT2D eigenvalue weighted by molar-refractivity contribution is 0.118. The van der Waals surface area contributed by atoms with E-state index < -0.39 is 10.0 Å². The first-order valence-corrected chi connectivity index (χ1v) is 8.38. The number of nitrogens with zero attached hydrogens (tertiary/aromatic N) is 1. The van der Waals surface area contributed by atoms with E-state index in [0.717, 1.165) is 25.8 Å². The number of hydrogen-bond donors (Lipinski definition) is 1. The average Bonchev–Trinajstić information content (AvgIpc) is 2.36. The Balaban J connectivity index is 2.40. The monoisotopic (exact) mass is 278 g/mol. The van der Waals surface area contributed by atoms with E-state index in [1.165, 1.54) is 0 Å². The van der Waals surface area contributed by atoms with Crippen LogP contribution in [0.3, 0.4) is 0 Å². The summed E-state index contributed by atoms with van der Waals surface area (Å²) < 4.78 is 31.0. The third-order valence-corrected chi connectivity index (χ3v) is 5.08. The molecular formula is C12H26N2O3S. The molecule has 1 atom stereocenters. The highest BCUT2D eigenvalue weighted by Crippen LogP contribution is 2.19. The summed E-state index contributed by atoms with van der Waals surface area (Å²) in [6.45, 7) is 5.42. The van der Waals surface area contributed by atoms with Crippen molar-refractivity contribution in [3.8, 4) is 0 Å². The molecule has 1 fully saturated rings. The molecule has 1 unspecified atom stereocenters. The van der Waals surface area contributed by atoms with Crippen molar-refractivity contribution in [1.29, 1.82) is 0 Å². The normalized spacial score (nSPS) is 22.2. The minimum Gasteiger partial charge on any atom is -0.384 e. The molecule has 1 N–H and O–H groups in total. The molecule has 1 aliphatic heterocycles. The molecule has 0 radical (unpaired) electrons. The summed E-state index contributed by atoms with van der Waals surface area (Å²) in [5, 5.41) is 3.14. The molecule has 1 saturated heterocycles. The van der Waals surface area contributed by atoms with Crippen molar-refractivity contribution >= 4 is 10.0 Å². The summed E-state index contributed by atoms with van der Waals surface area (Å²) in [5.74, 6) is 0.550. The minimum atomic E-state index is -3.10. The van der Waals surface area contributed by atoms with Gasteiger partial charge in [0.25, 0.3) is 0 Å². The van der Waals surface area contributed by atoms with Crippen molar-refractivity contribution in [3.05, 3.63) is 0 Å². The first-order valence-electron chi connectivity index (χ1n) is 6.77. The molecule has 1 rings (SSSR count). The van der Waals surface area contributed by atoms with E-state index in [-0.39, 0.29) is 5.75 Å². The van der Waals surface area contributed by atoms with E-state index in [2.05, 4.69) is 12.2 Å². The van der Waals surface area contributed by atoms with Crippen LogP contribution in [0.1, 0.15) is 26.2 Å². The Morgan fingerprint density at radius 1 is 1.39 bits per heavy atom. The highest BCUT2D eigenvalue weighted by atomic mass is 32.2. The zero-order chi connectivity index (χ0) is 13.4. The number of hydrogen-bond acceptors (Lipinski definition) is 4. The molecule has 1 aliphatic rings. The van der Waals surface area contributed by atoms with Gasteiger partial charge in [-0.05, 0) is 31.7 Å². The van der Waals surface area contributed by atoms with Gasteiger partial charge in [0.1, 0.15) is 0 Å². The molecule has 0 aromatic rings. The first kappa shape index (κ1) is 15.9. The predicted molar refractivity (Wildman–Crippen MR) is 73.1 cm³/mol. The largest absolute Gasteiger partial charge is 0.384 e. The van der Waals surface area contributed by atoms with Gasteiger partial charge in [0.2, 0.25) is 10.0 Å². The average molecular weight is 278 g/mol. The highest BCUT2D eigenvalue weighted by molar-refractivity contribution is 7.89. The van der Waals surface area contributed by atoms with Crippen molar-refractivity contribution in [3.63, 3.8) is 0 Å². The molecule has 18 heavy (non-hydrogen) atoms. The topological polar surface area (TPSA) is 58.6 Å². The summed E-state index contributed by atoms with van der Waals surface area (Å²) in [4.78, 5) is 0. The summed E-state index contributed by atoms with van der Waals surface area (Å²) >= 11 is 0. The SMILES string of the molecule is CCCNCCS(=O)(=O)N1CCCC(COC)C1. The van der Waals surface area contributed by atoms with Crippen LogP contribution < -0.4 is 5.32 Å². The predicted octanol–water partition coefficient (Wildman–Crippen LogP) is 0.674. The summed E-state index contributed by atoms with van der Waals surface area (Å²) in [7, 11) is -1.43. The summed E-state index contributed by atoms with van der Waals surface area (Å²) in [5.41, 5.74) is 0. The lowest BCUT2D eigenvalue weighted by Crippen LogP contribution is -2.43. The molecule has 1 heterocycles. The number of rotatable bonds is 8. The maximum Gasteiger partial charge on any atom is 0.215 e. The zero-order valence-corrected chi connectivity index (χ0v) is 12.3. The van der Waals surface area contributed by atoms with Crippen LogP contribution in [-0.4, -0.2) is 58.4 Å². The lowest BCUT2D eigenvalue weighted by Gasteiger charge is -2.31. The molecule has 0 aromatic heterocycles. The molecule has 0 aromatic carbocycles. The second kappa shape index (κ2) is 8.09. The molecule has 6 heteroatoms. The Hall–Kier alpha value is -0.170. The van der Waals surface area contributed by atoms with Gasteiger partial charge in [0, 0.05) is 26.7 Å². The van der Waals surface area contributed by atoms with Gasteiger partial charge in [-0.2, -0.15) is 0 Å². The van der Waals surface area contributed by atoms with Gasteiger partial charge >= 0.3 is 0 Å². The van der Waals surface area contributed by atoms with E-state index in [1.54, 1.807) is 11.4 Å². The van der Waals surface area contributed by atoms with Crippen LogP contribution in [0.4, 0.5) is 0 Å². The number of nitrogens with one attached hydrogen (secondary N) is 1. The Morgan fingerprint density at radius 3 is 2.83 bits per heavy atom. The Labute approximate surface area is 111 Å². The second-order valence-electron chi connectivity index (χ2n) is 4.89. The van der Waals surface area contributed by atoms with Gasteiger partial charge in [-0.15, -0.1) is 0 Å². The number of piperidine rings is 1. The van der Waals surface area contributed by atoms with E-state index in [1.807, 2.05) is 0 Å². The maximum atomic E-state index is 12.1. The molecular weight excluding hydrogens is 252 g/mol. The molecule has 0 saturated carbocycles. The van der Waals surface area contributed by atoms with Crippen molar-refractivity contribution in [2.75, 3.05) is 45.6 Å². The van der Waals surface area contributed by atoms with E-state index in [0.29, 0.717) is 32.2 Å². The first-order chi connectivity index (χ1) is 8.60. The van der Waals surface area contributed by atoms with Crippen LogP contribution in [-0.2, 0) is 14.8 Å². The van der Waals surface area contributed by atoms with Gasteiger partial charge in [0.15, 0.2) is 0 Å². The molecule has 0 amide bonds. The van der Waals surface area contributed by atoms with E-state index in [9.17, 15) is 8.42 Å². The smallest absolute Gasteiger partial charge is 0.215 e. The van der Waals surface area contributed by atoms with Gasteiger partial charge in [-0.1, -0.05) is 6.92 Å². The van der Waals surface area contributed by atoms with Crippen LogP contribution >= 0.6 is 0 Å². The number of sulfonamides is 1. The Bertz CT molecular complexity index is 317. The maximum absolute atomic E-state index is 12.1. The molecule has 0 bridgehead atoms. The molecule has 0 spiro atoms. The fourth-order valence-electron chi connectivity index (χ4n) is 2.28. The third kappa shape index (κ3) is 5.22. The fraction of sp³-hybridized carbons (Fsp3) is 1.00. The van der Waals surface area contributed by atoms with Crippen LogP contribution in [0.25, 0.3) is 0 Å². The van der Waals surface area contributed by atoms with Crippen molar-refractivity contribution in [1.82, 2.24) is 9.62 Å². The van der Waals surface area contributed by atoms with Crippen molar-refractivity contribution in [2.24, 2.45) is 5.92 Å². The standard InChI is InChI=1S/C12H26N2O3S/c1-3-6-13-7-9-18(15,16)14-8-4-5-12(10-14)11-17-2/h12-13H,3-11H2,1-2H3. The Morgan fingerprint density at radius 2 is 2.17 bits per heavy atom. The second-order valence-corrected chi connectivity index (χ2v) is 6.98. The zero-order valence-electron chi connectivity index (χ0n) is 11.5. The minimum absolute atomic E-state index is 0.201. The van der Waals surface area contributed by atoms with E-state index in [4.69, 9.17) is 4.74 Å². The van der Waals surface area contributed by atoms with Gasteiger partial charge in [-0.25, -0.2) is 12.7 Å². The van der Waals surface area contributed by atoms with Crippen LogP contribution in [0.5, 0.6) is 0 Å². The van der Waals surface area contributed by atoms with Crippen LogP contribution in [0.2, 0.25) is 0 Å². The van der Waals surface area contributed by atoms with Crippen molar-refractivity contribution in [2.45, 2.75) is 26.2 Å². The fourth-order valence-corrected chi connectivity index (χ4v) is 3.79. The van der Waals surface area contributed by atoms with Crippen molar-refractivity contribution < 1.29 is 13.2 Å². The third-order valence-electron chi connectivity index (χ3n) is 3.24. The number of methoxy groups -OCH3 is 1. The molecule has 108 valence electrons.